The number of carbonyl (C=O) groups excluding carboxylic acids is 7. The summed E-state index contributed by atoms with van der Waals surface area (Å²) in [6, 6.07) is -2.84. The summed E-state index contributed by atoms with van der Waals surface area (Å²) < 4.78 is 38.1. The summed E-state index contributed by atoms with van der Waals surface area (Å²) in [5, 5.41) is 142. The van der Waals surface area contributed by atoms with E-state index in [1.54, 1.807) is 13.8 Å². The largest absolute Gasteiger partial charge is 0.508 e. The number of nitrogens with two attached hydrogens (primary N) is 2. The number of primary amides is 1. The maximum atomic E-state index is 16.0. The van der Waals surface area contributed by atoms with E-state index in [1.807, 2.05) is 0 Å². The van der Waals surface area contributed by atoms with Crippen LogP contribution in [0, 0.1) is 5.92 Å². The summed E-state index contributed by atoms with van der Waals surface area (Å²) in [5.41, 5.74) is 7.41. The van der Waals surface area contributed by atoms with Gasteiger partial charge in [0.15, 0.2) is 29.9 Å². The highest BCUT2D eigenvalue weighted by Gasteiger charge is 2.52. The number of fused-ring (bicyclic) bond motifs is 15. The van der Waals surface area contributed by atoms with Crippen molar-refractivity contribution in [2.24, 2.45) is 17.4 Å². The van der Waals surface area contributed by atoms with Crippen molar-refractivity contribution < 1.29 is 123 Å². The SMILES string of the molecule is CN[C@H](CC(C)C)C(=O)N[C@H]1C(=O)N[C@@H](CC(N)=O)C(=O)N[C@H]2C(=O)N[C@H]3C(=O)N[C@H](C(=O)N[C@H](C(=O)O)c4cc(O)cc(O)c4-c4cc3ccc4O)[C@H](O)c3ccc(c(Cl)c3)Oc3cc2cc(c3O[C@@H]2O[C@H](CO)[C@@H](O)[C@H](O)[C@H]2O[C@H]2C[C@](C)(N)[C@H](O)[C@H](C)O2)Oc2ccc(c(O)c2Cl)[C@H]1O. The molecule has 0 spiro atoms. The van der Waals surface area contributed by atoms with Crippen molar-refractivity contribution in [1.29, 1.82) is 0 Å². The van der Waals surface area contributed by atoms with Crippen LogP contribution in [0.4, 0.5) is 0 Å². The lowest BCUT2D eigenvalue weighted by Gasteiger charge is -2.47. The number of hydrogen-bond donors (Lipinski definition) is 20. The molecular weight excluding hydrogens is 1390 g/mol. The molecule has 18 atom stereocenters. The topological polar surface area (TPSA) is 551 Å². The third-order valence-electron chi connectivity index (χ3n) is 17.9. The fraction of sp³-hybridized carbons (Fsp3) is 0.424. The number of benzene rings is 5. The third kappa shape index (κ3) is 15.5. The second kappa shape index (κ2) is 30.3. The Hall–Kier alpha value is -9.40. The molecular formula is C66H75Cl2N9O25. The minimum absolute atomic E-state index is 0.140. The molecule has 2 saturated heterocycles. The predicted molar refractivity (Wildman–Crippen MR) is 351 cm³/mol. The minimum Gasteiger partial charge on any atom is -0.508 e. The molecule has 11 bridgehead atoms. The number of halogens is 2. The molecule has 7 heterocycles. The summed E-state index contributed by atoms with van der Waals surface area (Å²) in [4.78, 5) is 117. The van der Waals surface area contributed by atoms with Crippen LogP contribution in [0.25, 0.3) is 11.1 Å². The third-order valence-corrected chi connectivity index (χ3v) is 18.6. The quantitative estimate of drug-likeness (QED) is 0.0726. The standard InChI is InChI=1S/C66H75Cl2N9O25/c1-22(2)12-32(71-5)58(89)76-49-52(85)28-8-11-37(44(68)51(28)84)99-39-16-26-15-38(55(39)102-65-56(54(87)53(86)40(21-78)100-65)101-42-20-66(4,70)57(88)23(3)97-42)98-36-10-7-25(14-31(36)67)50(83)48-63(94)75-47(64(95)96)30-17-27(79)18-35(81)43(30)29-13-24(6-9-34(29)80)45(60(91)77-48)74-61(92)46(26)73-59(90)33(19-41(69)82)72-62(49)93/h6-11,13-18,22-23,32-33,40,42,45-50,52-54,56-57,65,71,78-81,83-88H,12,19-21,70H2,1-5H3,(H2,69,82)(H,72,93)(H,73,90)(H,74,92)(H,75,94)(H,76,89)(H,77,91)(H,95,96)/t23-,32+,33-,40+,42-,45+,46+,47-,48-,49+,50+,52+,53+,54-,56+,57+,65-,66-/m0/s1. The molecule has 12 rings (SSSR count). The van der Waals surface area contributed by atoms with Gasteiger partial charge in [-0.2, -0.15) is 0 Å². The molecule has 0 radical (unpaired) electrons. The Labute approximate surface area is 589 Å². The van der Waals surface area contributed by atoms with Gasteiger partial charge in [-0.25, -0.2) is 4.79 Å². The van der Waals surface area contributed by atoms with E-state index >= 15 is 14.4 Å². The number of aromatic hydroxyl groups is 4. The molecule has 0 saturated carbocycles. The second-order valence-corrected chi connectivity index (χ2v) is 26.6. The van der Waals surface area contributed by atoms with Crippen molar-refractivity contribution >= 4 is 70.5 Å². The first-order valence-corrected chi connectivity index (χ1v) is 32.5. The fourth-order valence-corrected chi connectivity index (χ4v) is 13.0. The maximum Gasteiger partial charge on any atom is 0.330 e. The van der Waals surface area contributed by atoms with Crippen molar-refractivity contribution in [1.82, 2.24) is 37.2 Å². The van der Waals surface area contributed by atoms with E-state index < -0.39 is 259 Å². The zero-order chi connectivity index (χ0) is 74.4. The number of aliphatic hydroxyl groups excluding tert-OH is 6. The first-order valence-electron chi connectivity index (χ1n) is 31.8. The molecule has 7 amide bonds. The van der Waals surface area contributed by atoms with E-state index in [2.05, 4.69) is 37.2 Å². The van der Waals surface area contributed by atoms with E-state index in [0.717, 1.165) is 72.8 Å². The number of aliphatic hydroxyl groups is 6. The van der Waals surface area contributed by atoms with Crippen molar-refractivity contribution in [3.63, 3.8) is 0 Å². The number of rotatable bonds is 13. The van der Waals surface area contributed by atoms with Gasteiger partial charge in [0.2, 0.25) is 53.4 Å². The number of carboxylic acids is 1. The summed E-state index contributed by atoms with van der Waals surface area (Å²) in [5.74, 6) is -18.0. The molecule has 0 unspecified atom stereocenters. The number of carbonyl (C=O) groups is 8. The van der Waals surface area contributed by atoms with Gasteiger partial charge in [0, 0.05) is 40.3 Å². The van der Waals surface area contributed by atoms with Gasteiger partial charge < -0.3 is 133 Å². The van der Waals surface area contributed by atoms with Crippen LogP contribution in [0.15, 0.2) is 72.8 Å². The van der Waals surface area contributed by atoms with Crippen LogP contribution in [0.2, 0.25) is 10.0 Å². The highest BCUT2D eigenvalue weighted by molar-refractivity contribution is 6.33. The van der Waals surface area contributed by atoms with E-state index in [0.29, 0.717) is 0 Å². The second-order valence-electron chi connectivity index (χ2n) is 25.8. The van der Waals surface area contributed by atoms with Gasteiger partial charge in [-0.3, -0.25) is 33.6 Å². The number of nitrogens with one attached hydrogen (secondary N) is 7. The Kier molecular flexibility index (Phi) is 22.3. The molecule has 36 heteroatoms. The first-order chi connectivity index (χ1) is 48.1. The number of hydrogen-bond acceptors (Lipinski definition) is 26. The lowest BCUT2D eigenvalue weighted by atomic mass is 9.86. The number of phenolic OH excluding ortho intramolecular Hbond substituents is 4. The van der Waals surface area contributed by atoms with Gasteiger partial charge in [-0.05, 0) is 105 Å². The molecule has 0 aliphatic carbocycles. The van der Waals surface area contributed by atoms with Crippen molar-refractivity contribution in [3.05, 3.63) is 111 Å². The number of carboxylic acid groups (broad SMARTS) is 1. The molecule has 5 aromatic rings. The van der Waals surface area contributed by atoms with E-state index in [9.17, 15) is 80.1 Å². The van der Waals surface area contributed by atoms with Gasteiger partial charge in [0.05, 0.1) is 36.3 Å². The van der Waals surface area contributed by atoms with Gasteiger partial charge in [-0.15, -0.1) is 0 Å². The highest BCUT2D eigenvalue weighted by Crippen LogP contribution is 2.51. The van der Waals surface area contributed by atoms with Gasteiger partial charge in [0.25, 0.3) is 0 Å². The van der Waals surface area contributed by atoms with E-state index in [1.165, 1.54) is 20.9 Å². The maximum absolute atomic E-state index is 16.0. The molecule has 34 nitrogen and oxygen atoms in total. The average Bonchev–Trinajstić information content (AvgIpc) is 0.772. The fourth-order valence-electron chi connectivity index (χ4n) is 12.6. The molecule has 2 fully saturated rings. The Balaban J connectivity index is 1.25. The lowest BCUT2D eigenvalue weighted by Crippen LogP contribution is -2.64. The van der Waals surface area contributed by atoms with Crippen LogP contribution in [0.3, 0.4) is 0 Å². The van der Waals surface area contributed by atoms with Crippen LogP contribution >= 0.6 is 23.2 Å². The van der Waals surface area contributed by atoms with Gasteiger partial charge in [-0.1, -0.05) is 49.2 Å². The molecule has 548 valence electrons. The Morgan fingerprint density at radius 3 is 2.01 bits per heavy atom. The average molecular weight is 1470 g/mol. The number of amides is 7. The summed E-state index contributed by atoms with van der Waals surface area (Å²) >= 11 is 14.0. The van der Waals surface area contributed by atoms with Crippen molar-refractivity contribution in [2.75, 3.05) is 13.7 Å². The number of phenols is 4. The lowest BCUT2D eigenvalue weighted by molar-refractivity contribution is -0.333. The molecule has 0 aromatic heterocycles. The van der Waals surface area contributed by atoms with Crippen LogP contribution in [-0.2, 0) is 52.6 Å². The van der Waals surface area contributed by atoms with Crippen LogP contribution < -0.4 is 62.9 Å². The molecule has 7 aliphatic rings. The molecule has 5 aromatic carbocycles. The number of likely N-dealkylation sites (N-methyl/N-ethyl adjacent to an activating group) is 1. The number of aliphatic carboxylic acids is 1. The minimum atomic E-state index is -2.40. The molecule has 7 aliphatic heterocycles. The van der Waals surface area contributed by atoms with Gasteiger partial charge in [0.1, 0.15) is 100 Å². The summed E-state index contributed by atoms with van der Waals surface area (Å²) in [7, 11) is 1.44. The molecule has 102 heavy (non-hydrogen) atoms. The highest BCUT2D eigenvalue weighted by atomic mass is 35.5. The Morgan fingerprint density at radius 1 is 0.725 bits per heavy atom. The smallest absolute Gasteiger partial charge is 0.330 e. The zero-order valence-corrected chi connectivity index (χ0v) is 56.2. The van der Waals surface area contributed by atoms with Crippen molar-refractivity contribution in [3.8, 4) is 62.9 Å². The summed E-state index contributed by atoms with van der Waals surface area (Å²) in [6.45, 7) is 5.54. The molecule has 22 N–H and O–H groups in total. The van der Waals surface area contributed by atoms with Crippen LogP contribution in [0.5, 0.6) is 51.7 Å². The summed E-state index contributed by atoms with van der Waals surface area (Å²) in [6.07, 6.45) is -19.2. The van der Waals surface area contributed by atoms with Gasteiger partial charge >= 0.3 is 5.97 Å². The van der Waals surface area contributed by atoms with Crippen molar-refractivity contribution in [2.45, 2.75) is 156 Å². The van der Waals surface area contributed by atoms with Crippen LogP contribution in [-0.4, -0.2) is 196 Å². The monoisotopic (exact) mass is 1460 g/mol. The van der Waals surface area contributed by atoms with Crippen LogP contribution in [0.1, 0.15) is 105 Å². The van der Waals surface area contributed by atoms with E-state index in [4.69, 9.17) is 63.1 Å². The first kappa shape index (κ1) is 75.3. The Bertz CT molecular complexity index is 4130. The Morgan fingerprint density at radius 2 is 1.37 bits per heavy atom. The predicted octanol–water partition coefficient (Wildman–Crippen LogP) is -0.188. The van der Waals surface area contributed by atoms with E-state index in [-0.39, 0.29) is 29.9 Å². The zero-order valence-electron chi connectivity index (χ0n) is 54.7. The number of ether oxygens (including phenoxy) is 6. The normalized spacial score (nSPS) is 29.3.